The molecule has 0 aliphatic carbocycles. The molecular weight excluding hydrogens is 232 g/mol. The Balaban J connectivity index is 2.22. The zero-order chi connectivity index (χ0) is 12.8. The van der Waals surface area contributed by atoms with Crippen LogP contribution in [0.25, 0.3) is 0 Å². The average Bonchev–Trinajstić information content (AvgIpc) is 2.42. The number of hydrogen-bond acceptors (Lipinski definition) is 4. The molecule has 0 bridgehead atoms. The van der Waals surface area contributed by atoms with E-state index in [0.717, 1.165) is 37.2 Å². The lowest BCUT2D eigenvalue weighted by Crippen LogP contribution is -2.16. The van der Waals surface area contributed by atoms with Gasteiger partial charge in [-0.25, -0.2) is 0 Å². The second-order valence-electron chi connectivity index (χ2n) is 4.42. The van der Waals surface area contributed by atoms with Gasteiger partial charge in [-0.15, -0.1) is 0 Å². The summed E-state index contributed by atoms with van der Waals surface area (Å²) in [4.78, 5) is 0. The van der Waals surface area contributed by atoms with E-state index < -0.39 is 0 Å². The normalized spacial score (nSPS) is 13.7. The molecule has 4 heteroatoms. The van der Waals surface area contributed by atoms with Crippen molar-refractivity contribution in [1.82, 2.24) is 0 Å². The van der Waals surface area contributed by atoms with E-state index in [9.17, 15) is 0 Å². The van der Waals surface area contributed by atoms with Gasteiger partial charge in [0.05, 0.1) is 0 Å². The molecule has 4 nitrogen and oxygen atoms in total. The highest BCUT2D eigenvalue weighted by atomic mass is 16.6. The summed E-state index contributed by atoms with van der Waals surface area (Å²) in [5.41, 5.74) is 2.36. The van der Waals surface area contributed by atoms with Crippen LogP contribution in [0.5, 0.6) is 11.5 Å². The van der Waals surface area contributed by atoms with Crippen LogP contribution < -0.4 is 9.47 Å². The minimum Gasteiger partial charge on any atom is -0.486 e. The van der Waals surface area contributed by atoms with Crippen LogP contribution in [0.1, 0.15) is 24.0 Å². The summed E-state index contributed by atoms with van der Waals surface area (Å²) >= 11 is 0. The summed E-state index contributed by atoms with van der Waals surface area (Å²) in [7, 11) is 0. The molecule has 0 atom stereocenters. The van der Waals surface area contributed by atoms with Crippen molar-refractivity contribution in [2.45, 2.75) is 25.7 Å². The van der Waals surface area contributed by atoms with Crippen molar-refractivity contribution in [2.24, 2.45) is 0 Å². The molecule has 0 radical (unpaired) electrons. The SMILES string of the molecule is OCCCc1cc2c(cc1CCCO)OCCO2. The standard InChI is InChI=1S/C14H20O4/c15-5-1-3-11-9-13-14(18-8-7-17-13)10-12(11)4-2-6-16/h9-10,15-16H,1-8H2. The summed E-state index contributed by atoms with van der Waals surface area (Å²) in [6, 6.07) is 4.02. The fourth-order valence-electron chi connectivity index (χ4n) is 2.18. The average molecular weight is 252 g/mol. The first-order valence-electron chi connectivity index (χ1n) is 6.48. The monoisotopic (exact) mass is 252 g/mol. The van der Waals surface area contributed by atoms with E-state index in [1.165, 1.54) is 11.1 Å². The Labute approximate surface area is 107 Å². The molecule has 2 N–H and O–H groups in total. The number of aryl methyl sites for hydroxylation is 2. The van der Waals surface area contributed by atoms with Crippen LogP contribution in [-0.2, 0) is 12.8 Å². The molecule has 2 rings (SSSR count). The highest BCUT2D eigenvalue weighted by Gasteiger charge is 2.15. The molecule has 0 spiro atoms. The van der Waals surface area contributed by atoms with Crippen LogP contribution in [0.3, 0.4) is 0 Å². The van der Waals surface area contributed by atoms with Gasteiger partial charge in [0.15, 0.2) is 11.5 Å². The Bertz CT molecular complexity index is 353. The van der Waals surface area contributed by atoms with Gasteiger partial charge in [0.2, 0.25) is 0 Å². The molecule has 100 valence electrons. The van der Waals surface area contributed by atoms with Crippen LogP contribution in [0, 0.1) is 0 Å². The molecule has 1 aromatic rings. The van der Waals surface area contributed by atoms with Gasteiger partial charge in [0.25, 0.3) is 0 Å². The zero-order valence-corrected chi connectivity index (χ0v) is 10.5. The first kappa shape index (κ1) is 13.2. The van der Waals surface area contributed by atoms with Crippen LogP contribution in [0.15, 0.2) is 12.1 Å². The van der Waals surface area contributed by atoms with E-state index in [0.29, 0.717) is 13.2 Å². The van der Waals surface area contributed by atoms with Crippen molar-refractivity contribution < 1.29 is 19.7 Å². The third kappa shape index (κ3) is 3.15. The molecule has 0 saturated heterocycles. The lowest BCUT2D eigenvalue weighted by Gasteiger charge is -2.21. The number of fused-ring (bicyclic) bond motifs is 1. The smallest absolute Gasteiger partial charge is 0.161 e. The fourth-order valence-corrected chi connectivity index (χ4v) is 2.18. The molecule has 0 amide bonds. The number of hydrogen-bond donors (Lipinski definition) is 2. The van der Waals surface area contributed by atoms with E-state index in [1.54, 1.807) is 0 Å². The van der Waals surface area contributed by atoms with Gasteiger partial charge < -0.3 is 19.7 Å². The molecule has 0 unspecified atom stereocenters. The van der Waals surface area contributed by atoms with Crippen LogP contribution >= 0.6 is 0 Å². The van der Waals surface area contributed by atoms with Crippen molar-refractivity contribution in [3.05, 3.63) is 23.3 Å². The largest absolute Gasteiger partial charge is 0.486 e. The van der Waals surface area contributed by atoms with Gasteiger partial charge in [-0.3, -0.25) is 0 Å². The molecule has 1 aliphatic rings. The molecular formula is C14H20O4. The van der Waals surface area contributed by atoms with E-state index >= 15 is 0 Å². The predicted molar refractivity (Wildman–Crippen MR) is 68.2 cm³/mol. The maximum atomic E-state index is 8.94. The van der Waals surface area contributed by atoms with Crippen LogP contribution in [0.2, 0.25) is 0 Å². The van der Waals surface area contributed by atoms with Gasteiger partial charge in [-0.05, 0) is 48.9 Å². The third-order valence-electron chi connectivity index (χ3n) is 3.07. The molecule has 0 fully saturated rings. The van der Waals surface area contributed by atoms with Crippen molar-refractivity contribution in [3.8, 4) is 11.5 Å². The molecule has 1 aromatic carbocycles. The number of ether oxygens (including phenoxy) is 2. The Hall–Kier alpha value is -1.26. The first-order valence-corrected chi connectivity index (χ1v) is 6.48. The first-order chi connectivity index (χ1) is 8.85. The lowest BCUT2D eigenvalue weighted by molar-refractivity contribution is 0.171. The minimum absolute atomic E-state index is 0.188. The van der Waals surface area contributed by atoms with Crippen LogP contribution in [-0.4, -0.2) is 36.6 Å². The summed E-state index contributed by atoms with van der Waals surface area (Å²) in [5.74, 6) is 1.59. The Kier molecular flexibility index (Phi) is 4.84. The molecule has 1 aliphatic heterocycles. The Morgan fingerprint density at radius 2 is 1.28 bits per heavy atom. The second kappa shape index (κ2) is 6.61. The number of aliphatic hydroxyl groups is 2. The molecule has 0 aromatic heterocycles. The topological polar surface area (TPSA) is 58.9 Å². The second-order valence-corrected chi connectivity index (χ2v) is 4.42. The summed E-state index contributed by atoms with van der Waals surface area (Å²) in [6.45, 7) is 1.55. The van der Waals surface area contributed by atoms with E-state index in [-0.39, 0.29) is 13.2 Å². The molecule has 0 saturated carbocycles. The predicted octanol–water partition coefficient (Wildman–Crippen LogP) is 1.31. The van der Waals surface area contributed by atoms with Gasteiger partial charge in [-0.2, -0.15) is 0 Å². The van der Waals surface area contributed by atoms with Crippen molar-refractivity contribution >= 4 is 0 Å². The fraction of sp³-hybridized carbons (Fsp3) is 0.571. The van der Waals surface area contributed by atoms with Gasteiger partial charge in [-0.1, -0.05) is 0 Å². The lowest BCUT2D eigenvalue weighted by atomic mass is 9.98. The quantitative estimate of drug-likeness (QED) is 0.801. The van der Waals surface area contributed by atoms with Gasteiger partial charge in [0.1, 0.15) is 13.2 Å². The Morgan fingerprint density at radius 3 is 1.67 bits per heavy atom. The summed E-state index contributed by atoms with van der Waals surface area (Å²) < 4.78 is 11.1. The number of benzene rings is 1. The number of aliphatic hydroxyl groups excluding tert-OH is 2. The summed E-state index contributed by atoms with van der Waals surface area (Å²) in [6.07, 6.45) is 3.14. The maximum absolute atomic E-state index is 8.94. The summed E-state index contributed by atoms with van der Waals surface area (Å²) in [5, 5.41) is 17.9. The number of rotatable bonds is 6. The Morgan fingerprint density at radius 1 is 0.833 bits per heavy atom. The van der Waals surface area contributed by atoms with Crippen molar-refractivity contribution in [3.63, 3.8) is 0 Å². The highest BCUT2D eigenvalue weighted by molar-refractivity contribution is 5.48. The van der Waals surface area contributed by atoms with Gasteiger partial charge in [0, 0.05) is 13.2 Å². The van der Waals surface area contributed by atoms with E-state index in [1.807, 2.05) is 12.1 Å². The van der Waals surface area contributed by atoms with E-state index in [4.69, 9.17) is 19.7 Å². The minimum atomic E-state index is 0.188. The molecule has 1 heterocycles. The maximum Gasteiger partial charge on any atom is 0.161 e. The van der Waals surface area contributed by atoms with Crippen molar-refractivity contribution in [1.29, 1.82) is 0 Å². The van der Waals surface area contributed by atoms with Crippen molar-refractivity contribution in [2.75, 3.05) is 26.4 Å². The van der Waals surface area contributed by atoms with Crippen LogP contribution in [0.4, 0.5) is 0 Å². The zero-order valence-electron chi connectivity index (χ0n) is 10.5. The third-order valence-corrected chi connectivity index (χ3v) is 3.07. The highest BCUT2D eigenvalue weighted by Crippen LogP contribution is 2.34. The van der Waals surface area contributed by atoms with E-state index in [2.05, 4.69) is 0 Å². The van der Waals surface area contributed by atoms with Gasteiger partial charge >= 0.3 is 0 Å². The molecule has 18 heavy (non-hydrogen) atoms.